The van der Waals surface area contributed by atoms with Crippen molar-refractivity contribution in [1.82, 2.24) is 10.1 Å². The molecule has 0 amide bonds. The summed E-state index contributed by atoms with van der Waals surface area (Å²) in [5.41, 5.74) is 0.236. The smallest absolute Gasteiger partial charge is 0.344 e. The summed E-state index contributed by atoms with van der Waals surface area (Å²) in [6.45, 7) is 1.88. The van der Waals surface area contributed by atoms with Crippen molar-refractivity contribution < 1.29 is 18.4 Å². The molecule has 0 N–H and O–H groups in total. The van der Waals surface area contributed by atoms with Gasteiger partial charge in [0.15, 0.2) is 5.76 Å². The van der Waals surface area contributed by atoms with Gasteiger partial charge in [-0.2, -0.15) is 0 Å². The van der Waals surface area contributed by atoms with E-state index in [-0.39, 0.29) is 28.7 Å². The number of hydrogen-bond acceptors (Lipinski definition) is 5. The molecule has 124 valence electrons. The summed E-state index contributed by atoms with van der Waals surface area (Å²) in [7, 11) is 3.64. The highest BCUT2D eigenvalue weighted by molar-refractivity contribution is 6.30. The van der Waals surface area contributed by atoms with Gasteiger partial charge in [-0.05, 0) is 19.1 Å². The van der Waals surface area contributed by atoms with Gasteiger partial charge in [0, 0.05) is 31.4 Å². The predicted molar refractivity (Wildman–Crippen MR) is 85.9 cm³/mol. The van der Waals surface area contributed by atoms with E-state index in [1.807, 2.05) is 14.1 Å². The van der Waals surface area contributed by atoms with Crippen LogP contribution in [-0.2, 0) is 4.74 Å². The van der Waals surface area contributed by atoms with E-state index in [0.29, 0.717) is 0 Å². The number of ether oxygens (including phenoxy) is 1. The number of aromatic nitrogens is 1. The zero-order valence-electron chi connectivity index (χ0n) is 13.1. The molecule has 1 heterocycles. The van der Waals surface area contributed by atoms with E-state index in [9.17, 15) is 9.18 Å². The minimum Gasteiger partial charge on any atom is -0.462 e. The Kier molecular flexibility index (Phi) is 5.60. The molecule has 2 rings (SSSR count). The number of carbonyl (C=O) groups is 1. The van der Waals surface area contributed by atoms with Gasteiger partial charge in [-0.1, -0.05) is 22.8 Å². The van der Waals surface area contributed by atoms with Gasteiger partial charge in [0.25, 0.3) is 0 Å². The lowest BCUT2D eigenvalue weighted by Gasteiger charge is -2.19. The van der Waals surface area contributed by atoms with Crippen molar-refractivity contribution in [3.8, 4) is 0 Å². The van der Waals surface area contributed by atoms with Gasteiger partial charge >= 0.3 is 5.97 Å². The third kappa shape index (κ3) is 3.82. The van der Waals surface area contributed by atoms with Crippen LogP contribution in [0.4, 0.5) is 4.39 Å². The Hall–Kier alpha value is -2.08. The molecule has 23 heavy (non-hydrogen) atoms. The Morgan fingerprint density at radius 2 is 2.30 bits per heavy atom. The van der Waals surface area contributed by atoms with Crippen molar-refractivity contribution in [1.29, 1.82) is 0 Å². The van der Waals surface area contributed by atoms with Crippen molar-refractivity contribution in [3.05, 3.63) is 46.5 Å². The van der Waals surface area contributed by atoms with Gasteiger partial charge < -0.3 is 14.2 Å². The minimum absolute atomic E-state index is 0.0967. The molecule has 1 aliphatic rings. The lowest BCUT2D eigenvalue weighted by molar-refractivity contribution is 0.0523. The zero-order valence-corrected chi connectivity index (χ0v) is 13.9. The molecule has 0 bridgehead atoms. The number of carbonyl (C=O) groups excluding carboxylic acids is 1. The Bertz CT molecular complexity index is 664. The topological polar surface area (TPSA) is 55.6 Å². The first kappa shape index (κ1) is 17.3. The second-order valence-electron chi connectivity index (χ2n) is 5.17. The summed E-state index contributed by atoms with van der Waals surface area (Å²) in [6.07, 6.45) is 6.33. The standard InChI is InChI=1S/C16H18ClFN2O3/c1-4-22-16(21)14-12(8-9-20(2)3)23-19-15(14)13-10(17)6-5-7-11(13)18/h5-9,11,13H,4H2,1-3H3/b9-8+. The van der Waals surface area contributed by atoms with E-state index < -0.39 is 18.1 Å². The zero-order chi connectivity index (χ0) is 17.0. The number of allylic oxidation sites excluding steroid dienone is 4. The van der Waals surface area contributed by atoms with Gasteiger partial charge in [-0.3, -0.25) is 0 Å². The molecule has 1 aromatic rings. The average Bonchev–Trinajstić information content (AvgIpc) is 2.89. The second kappa shape index (κ2) is 7.46. The molecule has 0 aliphatic heterocycles. The molecule has 0 fully saturated rings. The van der Waals surface area contributed by atoms with Crippen molar-refractivity contribution >= 4 is 23.6 Å². The van der Waals surface area contributed by atoms with Crippen LogP contribution >= 0.6 is 11.6 Å². The Morgan fingerprint density at radius 3 is 2.91 bits per heavy atom. The van der Waals surface area contributed by atoms with Crippen molar-refractivity contribution in [3.63, 3.8) is 0 Å². The summed E-state index contributed by atoms with van der Waals surface area (Å²) in [5, 5.41) is 4.13. The third-order valence-electron chi connectivity index (χ3n) is 3.21. The second-order valence-corrected chi connectivity index (χ2v) is 5.60. The first-order valence-corrected chi connectivity index (χ1v) is 7.52. The molecule has 0 saturated heterocycles. The van der Waals surface area contributed by atoms with Crippen LogP contribution in [0.3, 0.4) is 0 Å². The fourth-order valence-corrected chi connectivity index (χ4v) is 2.47. The van der Waals surface area contributed by atoms with Crippen LogP contribution in [0.5, 0.6) is 0 Å². The third-order valence-corrected chi connectivity index (χ3v) is 3.57. The summed E-state index contributed by atoms with van der Waals surface area (Å²) in [6, 6.07) is 0. The van der Waals surface area contributed by atoms with Crippen LogP contribution in [-0.4, -0.2) is 42.9 Å². The molecule has 2 atom stereocenters. The normalized spacial score (nSPS) is 20.7. The molecule has 1 aliphatic carbocycles. The first-order chi connectivity index (χ1) is 11.0. The number of halogens is 2. The van der Waals surface area contributed by atoms with Crippen molar-refractivity contribution in [2.24, 2.45) is 0 Å². The van der Waals surface area contributed by atoms with Crippen LogP contribution in [0.2, 0.25) is 0 Å². The predicted octanol–water partition coefficient (Wildman–Crippen LogP) is 3.50. The fraction of sp³-hybridized carbons (Fsp3) is 0.375. The Morgan fingerprint density at radius 1 is 1.57 bits per heavy atom. The van der Waals surface area contributed by atoms with Gasteiger partial charge in [-0.15, -0.1) is 0 Å². The average molecular weight is 341 g/mol. The molecule has 0 aromatic carbocycles. The van der Waals surface area contributed by atoms with Gasteiger partial charge in [0.2, 0.25) is 0 Å². The number of rotatable bonds is 5. The lowest BCUT2D eigenvalue weighted by atomic mass is 9.92. The van der Waals surface area contributed by atoms with E-state index in [1.165, 1.54) is 12.2 Å². The number of esters is 1. The van der Waals surface area contributed by atoms with Crippen LogP contribution in [0, 0.1) is 0 Å². The monoisotopic (exact) mass is 340 g/mol. The van der Waals surface area contributed by atoms with E-state index in [1.54, 1.807) is 30.2 Å². The quantitative estimate of drug-likeness (QED) is 0.768. The van der Waals surface area contributed by atoms with E-state index in [2.05, 4.69) is 5.16 Å². The van der Waals surface area contributed by atoms with E-state index in [0.717, 1.165) is 0 Å². The summed E-state index contributed by atoms with van der Waals surface area (Å²) in [4.78, 5) is 14.0. The van der Waals surface area contributed by atoms with E-state index in [4.69, 9.17) is 20.9 Å². The van der Waals surface area contributed by atoms with Crippen LogP contribution in [0.1, 0.15) is 34.7 Å². The number of nitrogens with zero attached hydrogens (tertiary/aromatic N) is 2. The molecule has 0 saturated carbocycles. The largest absolute Gasteiger partial charge is 0.462 e. The number of alkyl halides is 1. The van der Waals surface area contributed by atoms with Crippen molar-refractivity contribution in [2.45, 2.75) is 19.0 Å². The fourth-order valence-electron chi connectivity index (χ4n) is 2.17. The first-order valence-electron chi connectivity index (χ1n) is 7.15. The minimum atomic E-state index is -1.39. The maximum absolute atomic E-state index is 14.3. The molecule has 2 unspecified atom stereocenters. The molecule has 1 aromatic heterocycles. The molecular weight excluding hydrogens is 323 g/mol. The van der Waals surface area contributed by atoms with Crippen LogP contribution < -0.4 is 0 Å². The maximum atomic E-state index is 14.3. The molecule has 0 spiro atoms. The Balaban J connectivity index is 2.49. The van der Waals surface area contributed by atoms with Crippen LogP contribution in [0.15, 0.2) is 34.0 Å². The molecule has 5 nitrogen and oxygen atoms in total. The maximum Gasteiger partial charge on any atom is 0.344 e. The van der Waals surface area contributed by atoms with Gasteiger partial charge in [0.05, 0.1) is 12.5 Å². The molecular formula is C16H18ClFN2O3. The number of hydrogen-bond donors (Lipinski definition) is 0. The van der Waals surface area contributed by atoms with Crippen molar-refractivity contribution in [2.75, 3.05) is 20.7 Å². The van der Waals surface area contributed by atoms with Crippen LogP contribution in [0.25, 0.3) is 6.08 Å². The summed E-state index contributed by atoms with van der Waals surface area (Å²) < 4.78 is 24.5. The molecule has 7 heteroatoms. The van der Waals surface area contributed by atoms with E-state index >= 15 is 0 Å². The lowest BCUT2D eigenvalue weighted by Crippen LogP contribution is -2.19. The highest BCUT2D eigenvalue weighted by Gasteiger charge is 2.35. The highest BCUT2D eigenvalue weighted by atomic mass is 35.5. The SMILES string of the molecule is CCOC(=O)c1c(C2C(Cl)=CC=CC2F)noc1/C=C/N(C)C. The molecule has 0 radical (unpaired) electrons. The highest BCUT2D eigenvalue weighted by Crippen LogP contribution is 2.38. The Labute approximate surface area is 139 Å². The summed E-state index contributed by atoms with van der Waals surface area (Å²) in [5.74, 6) is -1.29. The summed E-state index contributed by atoms with van der Waals surface area (Å²) >= 11 is 6.11. The van der Waals surface area contributed by atoms with Gasteiger partial charge in [0.1, 0.15) is 17.4 Å². The van der Waals surface area contributed by atoms with Gasteiger partial charge in [-0.25, -0.2) is 9.18 Å².